The summed E-state index contributed by atoms with van der Waals surface area (Å²) >= 11 is 0. The maximum absolute atomic E-state index is 6.08. The molecule has 1 unspecified atom stereocenters. The average molecular weight is 263 g/mol. The van der Waals surface area contributed by atoms with Crippen molar-refractivity contribution in [2.75, 3.05) is 44.4 Å². The second-order valence-electron chi connectivity index (χ2n) is 5.23. The highest BCUT2D eigenvalue weighted by atomic mass is 16.5. The second-order valence-corrected chi connectivity index (χ2v) is 5.23. The third-order valence-electron chi connectivity index (χ3n) is 4.04. The zero-order valence-electron chi connectivity index (χ0n) is 12.2. The summed E-state index contributed by atoms with van der Waals surface area (Å²) in [6, 6.07) is 6.47. The molecule has 0 aliphatic carbocycles. The fourth-order valence-electron chi connectivity index (χ4n) is 2.91. The van der Waals surface area contributed by atoms with E-state index in [1.165, 1.54) is 19.4 Å². The van der Waals surface area contributed by atoms with Crippen molar-refractivity contribution in [2.24, 2.45) is 0 Å². The van der Waals surface area contributed by atoms with E-state index in [2.05, 4.69) is 23.8 Å². The van der Waals surface area contributed by atoms with Gasteiger partial charge in [-0.2, -0.15) is 0 Å². The molecule has 1 atom stereocenters. The van der Waals surface area contributed by atoms with E-state index in [1.54, 1.807) is 7.11 Å². The molecule has 19 heavy (non-hydrogen) atoms. The topological polar surface area (TPSA) is 41.7 Å². The highest BCUT2D eigenvalue weighted by Gasteiger charge is 2.24. The van der Waals surface area contributed by atoms with Crippen molar-refractivity contribution in [1.29, 1.82) is 0 Å². The number of nitrogens with two attached hydrogens (primary N) is 1. The second kappa shape index (κ2) is 6.15. The molecule has 1 saturated heterocycles. The van der Waals surface area contributed by atoms with Crippen LogP contribution in [0.1, 0.15) is 19.8 Å². The van der Waals surface area contributed by atoms with Crippen LogP contribution < -0.4 is 15.4 Å². The zero-order chi connectivity index (χ0) is 13.8. The standard InChI is InChI=1S/C15H25N3O/c1-4-18-9-5-6-12(18)11-17(2)15-10-13(19-3)7-8-14(15)16/h7-8,10,12H,4-6,9,11,16H2,1-3H3. The quantitative estimate of drug-likeness (QED) is 0.827. The summed E-state index contributed by atoms with van der Waals surface area (Å²) in [7, 11) is 3.79. The maximum atomic E-state index is 6.08. The number of benzene rings is 1. The molecule has 0 saturated carbocycles. The molecule has 1 heterocycles. The summed E-state index contributed by atoms with van der Waals surface area (Å²) in [5.41, 5.74) is 7.94. The third kappa shape index (κ3) is 3.13. The van der Waals surface area contributed by atoms with Gasteiger partial charge >= 0.3 is 0 Å². The van der Waals surface area contributed by atoms with Gasteiger partial charge in [-0.1, -0.05) is 6.92 Å². The first-order valence-electron chi connectivity index (χ1n) is 7.04. The monoisotopic (exact) mass is 263 g/mol. The largest absolute Gasteiger partial charge is 0.497 e. The number of hydrogen-bond donors (Lipinski definition) is 1. The molecule has 4 nitrogen and oxygen atoms in total. The Balaban J connectivity index is 2.08. The van der Waals surface area contributed by atoms with E-state index in [-0.39, 0.29) is 0 Å². The number of nitrogen functional groups attached to an aromatic ring is 1. The van der Waals surface area contributed by atoms with Gasteiger partial charge < -0.3 is 15.4 Å². The first-order chi connectivity index (χ1) is 9.15. The van der Waals surface area contributed by atoms with Gasteiger partial charge in [-0.05, 0) is 38.1 Å². The van der Waals surface area contributed by atoms with Gasteiger partial charge in [0.05, 0.1) is 18.5 Å². The Labute approximate surface area is 116 Å². The number of likely N-dealkylation sites (tertiary alicyclic amines) is 1. The molecule has 0 radical (unpaired) electrons. The summed E-state index contributed by atoms with van der Waals surface area (Å²) in [6.07, 6.45) is 2.59. The molecule has 4 heteroatoms. The van der Waals surface area contributed by atoms with Gasteiger partial charge in [-0.15, -0.1) is 0 Å². The lowest BCUT2D eigenvalue weighted by molar-refractivity contribution is 0.270. The number of nitrogens with zero attached hydrogens (tertiary/aromatic N) is 2. The van der Waals surface area contributed by atoms with E-state index in [4.69, 9.17) is 10.5 Å². The smallest absolute Gasteiger partial charge is 0.121 e. The van der Waals surface area contributed by atoms with E-state index in [0.29, 0.717) is 6.04 Å². The van der Waals surface area contributed by atoms with Gasteiger partial charge in [0, 0.05) is 25.7 Å². The Morgan fingerprint density at radius 3 is 2.95 bits per heavy atom. The van der Waals surface area contributed by atoms with Crippen LogP contribution >= 0.6 is 0 Å². The molecule has 1 aliphatic heterocycles. The van der Waals surface area contributed by atoms with E-state index >= 15 is 0 Å². The SMILES string of the molecule is CCN1CCCC1CN(C)c1cc(OC)ccc1N. The molecule has 0 spiro atoms. The van der Waals surface area contributed by atoms with Crippen molar-refractivity contribution < 1.29 is 4.74 Å². The molecule has 1 fully saturated rings. The number of rotatable bonds is 5. The fourth-order valence-corrected chi connectivity index (χ4v) is 2.91. The highest BCUT2D eigenvalue weighted by molar-refractivity contribution is 5.69. The minimum Gasteiger partial charge on any atom is -0.497 e. The van der Waals surface area contributed by atoms with Crippen molar-refractivity contribution in [3.05, 3.63) is 18.2 Å². The van der Waals surface area contributed by atoms with Crippen LogP contribution in [0.2, 0.25) is 0 Å². The van der Waals surface area contributed by atoms with Crippen molar-refractivity contribution in [3.8, 4) is 5.75 Å². The van der Waals surface area contributed by atoms with Crippen LogP contribution in [0.3, 0.4) is 0 Å². The van der Waals surface area contributed by atoms with Crippen LogP contribution in [0.15, 0.2) is 18.2 Å². The van der Waals surface area contributed by atoms with Crippen LogP contribution in [0.4, 0.5) is 11.4 Å². The molecule has 1 aromatic rings. The number of hydrogen-bond acceptors (Lipinski definition) is 4. The predicted octanol–water partition coefficient (Wildman–Crippen LogP) is 2.20. The molecule has 0 aromatic heterocycles. The molecule has 2 rings (SSSR count). The van der Waals surface area contributed by atoms with Crippen LogP contribution in [0.25, 0.3) is 0 Å². The summed E-state index contributed by atoms with van der Waals surface area (Å²) < 4.78 is 5.28. The van der Waals surface area contributed by atoms with Gasteiger partial charge in [-0.25, -0.2) is 0 Å². The van der Waals surface area contributed by atoms with Crippen LogP contribution in [0, 0.1) is 0 Å². The van der Waals surface area contributed by atoms with Crippen molar-refractivity contribution in [2.45, 2.75) is 25.8 Å². The maximum Gasteiger partial charge on any atom is 0.121 e. The minimum atomic E-state index is 0.639. The zero-order valence-corrected chi connectivity index (χ0v) is 12.2. The summed E-state index contributed by atoms with van der Waals surface area (Å²) in [5.74, 6) is 0.856. The Bertz CT molecular complexity index is 422. The molecule has 2 N–H and O–H groups in total. The Hall–Kier alpha value is -1.42. The molecular formula is C15H25N3O. The van der Waals surface area contributed by atoms with E-state index < -0.39 is 0 Å². The number of anilines is 2. The molecule has 0 bridgehead atoms. The van der Waals surface area contributed by atoms with Crippen molar-refractivity contribution >= 4 is 11.4 Å². The van der Waals surface area contributed by atoms with Crippen molar-refractivity contribution in [3.63, 3.8) is 0 Å². The van der Waals surface area contributed by atoms with E-state index in [9.17, 15) is 0 Å². The van der Waals surface area contributed by atoms with Gasteiger partial charge in [0.15, 0.2) is 0 Å². The average Bonchev–Trinajstić information content (AvgIpc) is 2.86. The first-order valence-corrected chi connectivity index (χ1v) is 7.04. The lowest BCUT2D eigenvalue weighted by Gasteiger charge is -2.29. The number of ether oxygens (including phenoxy) is 1. The van der Waals surface area contributed by atoms with Gasteiger partial charge in [0.2, 0.25) is 0 Å². The highest BCUT2D eigenvalue weighted by Crippen LogP contribution is 2.28. The molecule has 1 aliphatic rings. The molecule has 0 amide bonds. The van der Waals surface area contributed by atoms with E-state index in [0.717, 1.165) is 30.2 Å². The molecule has 1 aromatic carbocycles. The van der Waals surface area contributed by atoms with Gasteiger partial charge in [0.25, 0.3) is 0 Å². The molecule has 106 valence electrons. The van der Waals surface area contributed by atoms with Gasteiger partial charge in [0.1, 0.15) is 5.75 Å². The van der Waals surface area contributed by atoms with Crippen LogP contribution in [-0.2, 0) is 0 Å². The Morgan fingerprint density at radius 1 is 1.47 bits per heavy atom. The Morgan fingerprint density at radius 2 is 2.26 bits per heavy atom. The normalized spacial score (nSPS) is 19.6. The fraction of sp³-hybridized carbons (Fsp3) is 0.600. The van der Waals surface area contributed by atoms with Crippen molar-refractivity contribution in [1.82, 2.24) is 4.90 Å². The summed E-state index contributed by atoms with van der Waals surface area (Å²) in [5, 5.41) is 0. The molecular weight excluding hydrogens is 238 g/mol. The summed E-state index contributed by atoms with van der Waals surface area (Å²) in [4.78, 5) is 4.80. The number of methoxy groups -OCH3 is 1. The third-order valence-corrected chi connectivity index (χ3v) is 4.04. The van der Waals surface area contributed by atoms with Crippen LogP contribution in [0.5, 0.6) is 5.75 Å². The minimum absolute atomic E-state index is 0.639. The lowest BCUT2D eigenvalue weighted by Crippen LogP contribution is -2.38. The Kier molecular flexibility index (Phi) is 4.53. The van der Waals surface area contributed by atoms with Gasteiger partial charge in [-0.3, -0.25) is 4.90 Å². The summed E-state index contributed by atoms with van der Waals surface area (Å²) in [6.45, 7) is 5.61. The van der Waals surface area contributed by atoms with Crippen LogP contribution in [-0.4, -0.2) is 44.7 Å². The lowest BCUT2D eigenvalue weighted by atomic mass is 10.2. The predicted molar refractivity (Wildman–Crippen MR) is 80.9 cm³/mol. The first kappa shape index (κ1) is 14.0. The van der Waals surface area contributed by atoms with E-state index in [1.807, 2.05) is 18.2 Å². The number of likely N-dealkylation sites (N-methyl/N-ethyl adjacent to an activating group) is 2.